The highest BCUT2D eigenvalue weighted by Crippen LogP contribution is 2.12. The van der Waals surface area contributed by atoms with Gasteiger partial charge in [-0.1, -0.05) is 24.3 Å². The van der Waals surface area contributed by atoms with Crippen LogP contribution in [0.25, 0.3) is 17.1 Å². The fraction of sp³-hybridized carbons (Fsp3) is 0.111. The summed E-state index contributed by atoms with van der Waals surface area (Å²) in [4.78, 5) is 19.5. The first kappa shape index (κ1) is 14.8. The van der Waals surface area contributed by atoms with E-state index in [1.807, 2.05) is 48.5 Å². The number of nitrogens with zero attached hydrogens (tertiary/aromatic N) is 1. The van der Waals surface area contributed by atoms with E-state index in [9.17, 15) is 4.79 Å². The first-order valence-corrected chi connectivity index (χ1v) is 7.28. The number of fused-ring (bicyclic) bond motifs is 1. The van der Waals surface area contributed by atoms with Crippen molar-refractivity contribution >= 4 is 23.0 Å². The number of ether oxygens (including phenoxy) is 1. The number of amides is 1. The van der Waals surface area contributed by atoms with Crippen molar-refractivity contribution in [3.63, 3.8) is 0 Å². The first-order chi connectivity index (χ1) is 11.2. The van der Waals surface area contributed by atoms with Gasteiger partial charge in [0.05, 0.1) is 24.7 Å². The molecule has 0 bridgehead atoms. The van der Waals surface area contributed by atoms with Crippen molar-refractivity contribution in [2.75, 3.05) is 7.11 Å². The van der Waals surface area contributed by atoms with E-state index in [2.05, 4.69) is 15.3 Å². The Balaban J connectivity index is 1.57. The molecule has 116 valence electrons. The van der Waals surface area contributed by atoms with Crippen LogP contribution in [0.2, 0.25) is 0 Å². The number of imidazole rings is 1. The standard InChI is InChI=1S/C18H17N3O2/c1-23-14-9-6-13(7-10-14)8-11-18(22)19-12-17-20-15-4-2-3-5-16(15)21-17/h2-11H,12H2,1H3,(H,19,22)(H,20,21). The molecule has 3 rings (SSSR count). The molecule has 0 radical (unpaired) electrons. The lowest BCUT2D eigenvalue weighted by atomic mass is 10.2. The number of aromatic nitrogens is 2. The number of carbonyl (C=O) groups is 1. The molecule has 0 aliphatic carbocycles. The number of benzene rings is 2. The minimum atomic E-state index is -0.165. The quantitative estimate of drug-likeness (QED) is 0.712. The summed E-state index contributed by atoms with van der Waals surface area (Å²) in [6, 6.07) is 15.3. The van der Waals surface area contributed by atoms with Gasteiger partial charge in [0.15, 0.2) is 0 Å². The fourth-order valence-corrected chi connectivity index (χ4v) is 2.21. The minimum Gasteiger partial charge on any atom is -0.497 e. The Kier molecular flexibility index (Phi) is 4.38. The summed E-state index contributed by atoms with van der Waals surface area (Å²) < 4.78 is 5.09. The third-order valence-electron chi connectivity index (χ3n) is 3.41. The highest BCUT2D eigenvalue weighted by molar-refractivity contribution is 5.91. The van der Waals surface area contributed by atoms with Crippen molar-refractivity contribution < 1.29 is 9.53 Å². The first-order valence-electron chi connectivity index (χ1n) is 7.28. The maximum atomic E-state index is 11.9. The average Bonchev–Trinajstić information content (AvgIpc) is 3.01. The molecule has 5 heteroatoms. The minimum absolute atomic E-state index is 0.165. The third kappa shape index (κ3) is 3.77. The number of H-pyrrole nitrogens is 1. The highest BCUT2D eigenvalue weighted by atomic mass is 16.5. The van der Waals surface area contributed by atoms with Crippen LogP contribution in [-0.2, 0) is 11.3 Å². The Hall–Kier alpha value is -3.08. The number of carbonyl (C=O) groups excluding carboxylic acids is 1. The molecule has 3 aromatic rings. The number of para-hydroxylation sites is 2. The SMILES string of the molecule is COc1ccc(C=CC(=O)NCc2nc3ccccc3[nH]2)cc1. The molecule has 2 N–H and O–H groups in total. The van der Waals surface area contributed by atoms with Crippen molar-refractivity contribution in [3.05, 3.63) is 66.0 Å². The normalized spacial score (nSPS) is 11.0. The zero-order valence-corrected chi connectivity index (χ0v) is 12.7. The molecule has 0 atom stereocenters. The molecular weight excluding hydrogens is 290 g/mol. The summed E-state index contributed by atoms with van der Waals surface area (Å²) in [6.07, 6.45) is 3.26. The van der Waals surface area contributed by atoms with Crippen molar-refractivity contribution in [1.29, 1.82) is 0 Å². The summed E-state index contributed by atoms with van der Waals surface area (Å²) in [7, 11) is 1.62. The van der Waals surface area contributed by atoms with Gasteiger partial charge in [0.2, 0.25) is 5.91 Å². The molecule has 0 aliphatic rings. The maximum Gasteiger partial charge on any atom is 0.244 e. The Morgan fingerprint density at radius 3 is 2.74 bits per heavy atom. The zero-order chi connectivity index (χ0) is 16.1. The van der Waals surface area contributed by atoms with E-state index in [4.69, 9.17) is 4.74 Å². The lowest BCUT2D eigenvalue weighted by molar-refractivity contribution is -0.116. The molecule has 23 heavy (non-hydrogen) atoms. The second-order valence-electron chi connectivity index (χ2n) is 5.02. The topological polar surface area (TPSA) is 67.0 Å². The van der Waals surface area contributed by atoms with Gasteiger partial charge in [0, 0.05) is 6.08 Å². The monoisotopic (exact) mass is 307 g/mol. The lowest BCUT2D eigenvalue weighted by Gasteiger charge is -2.00. The predicted octanol–water partition coefficient (Wildman–Crippen LogP) is 2.90. The van der Waals surface area contributed by atoms with Gasteiger partial charge < -0.3 is 15.0 Å². The predicted molar refractivity (Wildman–Crippen MR) is 90.0 cm³/mol. The van der Waals surface area contributed by atoms with Gasteiger partial charge >= 0.3 is 0 Å². The van der Waals surface area contributed by atoms with Crippen LogP contribution in [0.4, 0.5) is 0 Å². The van der Waals surface area contributed by atoms with Crippen LogP contribution in [0, 0.1) is 0 Å². The van der Waals surface area contributed by atoms with Gasteiger partial charge in [-0.2, -0.15) is 0 Å². The van der Waals surface area contributed by atoms with Gasteiger partial charge in [-0.3, -0.25) is 4.79 Å². The average molecular weight is 307 g/mol. The second-order valence-corrected chi connectivity index (χ2v) is 5.02. The lowest BCUT2D eigenvalue weighted by Crippen LogP contribution is -2.20. The molecule has 5 nitrogen and oxygen atoms in total. The van der Waals surface area contributed by atoms with Crippen molar-refractivity contribution in [2.45, 2.75) is 6.54 Å². The second kappa shape index (κ2) is 6.79. The molecular formula is C18H17N3O2. The summed E-state index contributed by atoms with van der Waals surface area (Å²) >= 11 is 0. The van der Waals surface area contributed by atoms with E-state index in [1.54, 1.807) is 13.2 Å². The molecule has 0 saturated carbocycles. The number of aromatic amines is 1. The third-order valence-corrected chi connectivity index (χ3v) is 3.41. The molecule has 0 unspecified atom stereocenters. The van der Waals surface area contributed by atoms with Crippen molar-refractivity contribution in [1.82, 2.24) is 15.3 Å². The summed E-state index contributed by atoms with van der Waals surface area (Å²) in [5.41, 5.74) is 2.79. The van der Waals surface area contributed by atoms with E-state index in [0.717, 1.165) is 28.2 Å². The summed E-state index contributed by atoms with van der Waals surface area (Å²) in [6.45, 7) is 0.362. The van der Waals surface area contributed by atoms with Crippen LogP contribution in [-0.4, -0.2) is 23.0 Å². The zero-order valence-electron chi connectivity index (χ0n) is 12.7. The number of methoxy groups -OCH3 is 1. The van der Waals surface area contributed by atoms with Gasteiger partial charge in [-0.15, -0.1) is 0 Å². The van der Waals surface area contributed by atoms with E-state index in [1.165, 1.54) is 6.08 Å². The summed E-state index contributed by atoms with van der Waals surface area (Å²) in [5, 5.41) is 2.81. The Labute approximate surface area is 134 Å². The van der Waals surface area contributed by atoms with Crippen molar-refractivity contribution in [3.8, 4) is 5.75 Å². The van der Waals surface area contributed by atoms with Gasteiger partial charge in [-0.25, -0.2) is 4.98 Å². The molecule has 2 aromatic carbocycles. The van der Waals surface area contributed by atoms with Crippen LogP contribution >= 0.6 is 0 Å². The van der Waals surface area contributed by atoms with E-state index in [-0.39, 0.29) is 5.91 Å². The molecule has 0 spiro atoms. The van der Waals surface area contributed by atoms with Crippen LogP contribution in [0.15, 0.2) is 54.6 Å². The molecule has 1 amide bonds. The number of hydrogen-bond donors (Lipinski definition) is 2. The van der Waals surface area contributed by atoms with Crippen LogP contribution < -0.4 is 10.1 Å². The Morgan fingerprint density at radius 1 is 1.22 bits per heavy atom. The summed E-state index contributed by atoms with van der Waals surface area (Å²) in [5.74, 6) is 1.36. The maximum absolute atomic E-state index is 11.9. The Bertz CT molecular complexity index is 802. The largest absolute Gasteiger partial charge is 0.497 e. The molecule has 1 heterocycles. The molecule has 1 aromatic heterocycles. The fourth-order valence-electron chi connectivity index (χ4n) is 2.21. The highest BCUT2D eigenvalue weighted by Gasteiger charge is 2.03. The molecule has 0 saturated heterocycles. The van der Waals surface area contributed by atoms with E-state index < -0.39 is 0 Å². The van der Waals surface area contributed by atoms with Crippen LogP contribution in [0.5, 0.6) is 5.75 Å². The number of nitrogens with one attached hydrogen (secondary N) is 2. The Morgan fingerprint density at radius 2 is 2.00 bits per heavy atom. The van der Waals surface area contributed by atoms with Gasteiger partial charge in [-0.05, 0) is 35.9 Å². The van der Waals surface area contributed by atoms with Gasteiger partial charge in [0.1, 0.15) is 11.6 Å². The van der Waals surface area contributed by atoms with E-state index in [0.29, 0.717) is 6.54 Å². The molecule has 0 aliphatic heterocycles. The van der Waals surface area contributed by atoms with Crippen molar-refractivity contribution in [2.24, 2.45) is 0 Å². The van der Waals surface area contributed by atoms with E-state index >= 15 is 0 Å². The van der Waals surface area contributed by atoms with Crippen LogP contribution in [0.1, 0.15) is 11.4 Å². The number of rotatable bonds is 5. The number of hydrogen-bond acceptors (Lipinski definition) is 3. The van der Waals surface area contributed by atoms with Gasteiger partial charge in [0.25, 0.3) is 0 Å². The smallest absolute Gasteiger partial charge is 0.244 e. The van der Waals surface area contributed by atoms with Crippen LogP contribution in [0.3, 0.4) is 0 Å². The molecule has 0 fully saturated rings.